The smallest absolute Gasteiger partial charge is 0.256 e. The van der Waals surface area contributed by atoms with Gasteiger partial charge in [-0.15, -0.1) is 0 Å². The van der Waals surface area contributed by atoms with Gasteiger partial charge in [-0.05, 0) is 12.1 Å². The summed E-state index contributed by atoms with van der Waals surface area (Å²) in [6, 6.07) is 27.2. The van der Waals surface area contributed by atoms with E-state index in [-0.39, 0.29) is 0 Å². The molecule has 2 aromatic carbocycles. The summed E-state index contributed by atoms with van der Waals surface area (Å²) in [6.07, 6.45) is 6.12. The average molecular weight is 358 g/mol. The number of pyridine rings is 1. The molecular formula is C22H20N3S+. The Kier molecular flexibility index (Phi) is 4.84. The molecule has 128 valence electrons. The average Bonchev–Trinajstić information content (AvgIpc) is 3.08. The molecule has 0 amide bonds. The normalized spacial score (nSPS) is 10.8. The van der Waals surface area contributed by atoms with Crippen LogP contribution < -0.4 is 4.57 Å². The second-order valence-corrected chi connectivity index (χ2v) is 6.76. The molecule has 0 spiro atoms. The van der Waals surface area contributed by atoms with Crippen LogP contribution in [0.15, 0.2) is 91.4 Å². The minimum atomic E-state index is 0.735. The zero-order chi connectivity index (χ0) is 17.8. The highest BCUT2D eigenvalue weighted by atomic mass is 32.2. The topological polar surface area (TPSA) is 21.7 Å². The first kappa shape index (κ1) is 16.6. The van der Waals surface area contributed by atoms with Crippen LogP contribution in [0.4, 0.5) is 0 Å². The summed E-state index contributed by atoms with van der Waals surface area (Å²) >= 11 is 1.71. The van der Waals surface area contributed by atoms with Crippen molar-refractivity contribution in [1.82, 2.24) is 8.96 Å². The Bertz CT molecular complexity index is 980. The fourth-order valence-electron chi connectivity index (χ4n) is 3.17. The second-order valence-electron chi connectivity index (χ2n) is 6.00. The lowest BCUT2D eigenvalue weighted by Gasteiger charge is -2.05. The first-order chi connectivity index (χ1) is 12.9. The number of benzene rings is 2. The number of nitrogens with zero attached hydrogens (tertiary/aromatic N) is 3. The quantitative estimate of drug-likeness (QED) is 0.483. The lowest BCUT2D eigenvalue weighted by molar-refractivity contribution is -0.677. The predicted octanol–water partition coefficient (Wildman–Crippen LogP) is 4.68. The van der Waals surface area contributed by atoms with Crippen molar-refractivity contribution in [3.8, 4) is 22.5 Å². The van der Waals surface area contributed by atoms with Gasteiger partial charge in [0.1, 0.15) is 6.54 Å². The molecule has 0 atom stereocenters. The fourth-order valence-corrected chi connectivity index (χ4v) is 3.75. The molecule has 0 fully saturated rings. The van der Waals surface area contributed by atoms with E-state index < -0.39 is 0 Å². The summed E-state index contributed by atoms with van der Waals surface area (Å²) < 4.78 is 4.52. The van der Waals surface area contributed by atoms with Crippen LogP contribution in [-0.2, 0) is 6.54 Å². The van der Waals surface area contributed by atoms with Crippen molar-refractivity contribution in [3.63, 3.8) is 0 Å². The molecule has 4 heteroatoms. The van der Waals surface area contributed by atoms with Crippen LogP contribution in [0.3, 0.4) is 0 Å². The van der Waals surface area contributed by atoms with E-state index in [1.54, 1.807) is 11.9 Å². The van der Waals surface area contributed by atoms with Crippen LogP contribution in [0, 0.1) is 0 Å². The third-order valence-corrected chi connectivity index (χ3v) is 5.00. The molecule has 4 rings (SSSR count). The van der Waals surface area contributed by atoms with Gasteiger partial charge < -0.3 is 0 Å². The molecule has 0 N–H and O–H groups in total. The van der Waals surface area contributed by atoms with E-state index in [4.69, 9.17) is 0 Å². The van der Waals surface area contributed by atoms with Crippen molar-refractivity contribution in [2.45, 2.75) is 6.54 Å². The monoisotopic (exact) mass is 358 g/mol. The van der Waals surface area contributed by atoms with Crippen molar-refractivity contribution in [2.75, 3.05) is 6.26 Å². The minimum Gasteiger partial charge on any atom is -0.257 e. The van der Waals surface area contributed by atoms with Crippen LogP contribution in [0.1, 0.15) is 5.69 Å². The largest absolute Gasteiger partial charge is 0.257 e. The summed E-state index contributed by atoms with van der Waals surface area (Å²) in [5.41, 5.74) is 5.88. The van der Waals surface area contributed by atoms with E-state index in [0.29, 0.717) is 0 Å². The molecular weight excluding hydrogens is 338 g/mol. The zero-order valence-electron chi connectivity index (χ0n) is 14.6. The summed E-state index contributed by atoms with van der Waals surface area (Å²) in [7, 11) is 0. The minimum absolute atomic E-state index is 0.735. The summed E-state index contributed by atoms with van der Waals surface area (Å²) in [4.78, 5) is 4.51. The Labute approximate surface area is 158 Å². The van der Waals surface area contributed by atoms with E-state index in [1.165, 1.54) is 22.5 Å². The molecule has 2 heterocycles. The molecule has 0 saturated carbocycles. The Morgan fingerprint density at radius 3 is 2.12 bits per heavy atom. The Morgan fingerprint density at radius 1 is 0.846 bits per heavy atom. The summed E-state index contributed by atoms with van der Waals surface area (Å²) in [6.45, 7) is 0.735. The molecule has 0 radical (unpaired) electrons. The van der Waals surface area contributed by atoms with Crippen molar-refractivity contribution >= 4 is 11.9 Å². The van der Waals surface area contributed by atoms with Crippen LogP contribution >= 0.6 is 11.9 Å². The van der Waals surface area contributed by atoms with Crippen LogP contribution in [0.5, 0.6) is 0 Å². The van der Waals surface area contributed by atoms with Gasteiger partial charge in [0.05, 0.1) is 17.6 Å². The number of rotatable bonds is 5. The molecule has 4 aromatic rings. The number of imidazole rings is 1. The van der Waals surface area contributed by atoms with Gasteiger partial charge in [-0.3, -0.25) is 4.98 Å². The first-order valence-electron chi connectivity index (χ1n) is 8.57. The summed E-state index contributed by atoms with van der Waals surface area (Å²) in [5, 5.41) is 0. The number of hydrogen-bond acceptors (Lipinski definition) is 2. The molecule has 26 heavy (non-hydrogen) atoms. The lowest BCUT2D eigenvalue weighted by atomic mass is 10.0. The van der Waals surface area contributed by atoms with Gasteiger partial charge in [-0.2, -0.15) is 3.97 Å². The van der Waals surface area contributed by atoms with Gasteiger partial charge >= 0.3 is 0 Å². The van der Waals surface area contributed by atoms with Crippen molar-refractivity contribution in [2.24, 2.45) is 0 Å². The SMILES string of the molecule is CSn1c[n+](Cc2ccccn2)c(-c2ccccc2)c1-c1ccccc1. The maximum atomic E-state index is 4.51. The van der Waals surface area contributed by atoms with E-state index in [0.717, 1.165) is 12.2 Å². The van der Waals surface area contributed by atoms with Gasteiger partial charge in [-0.25, -0.2) is 4.57 Å². The van der Waals surface area contributed by atoms with Crippen molar-refractivity contribution in [1.29, 1.82) is 0 Å². The zero-order valence-corrected chi connectivity index (χ0v) is 15.4. The highest BCUT2D eigenvalue weighted by Crippen LogP contribution is 2.32. The van der Waals surface area contributed by atoms with Gasteiger partial charge in [-0.1, -0.05) is 66.7 Å². The maximum absolute atomic E-state index is 4.51. The molecule has 0 aliphatic carbocycles. The Hall–Kier alpha value is -2.85. The third kappa shape index (κ3) is 3.28. The first-order valence-corrected chi connectivity index (χ1v) is 9.75. The number of aromatic nitrogens is 3. The molecule has 3 nitrogen and oxygen atoms in total. The fraction of sp³-hybridized carbons (Fsp3) is 0.0909. The maximum Gasteiger partial charge on any atom is 0.256 e. The third-order valence-electron chi connectivity index (χ3n) is 4.33. The highest BCUT2D eigenvalue weighted by molar-refractivity contribution is 7.97. The summed E-state index contributed by atoms with van der Waals surface area (Å²) in [5.74, 6) is 0. The predicted molar refractivity (Wildman–Crippen MR) is 108 cm³/mol. The van der Waals surface area contributed by atoms with E-state index >= 15 is 0 Å². The van der Waals surface area contributed by atoms with Crippen molar-refractivity contribution in [3.05, 3.63) is 97.1 Å². The Balaban J connectivity index is 1.93. The standard InChI is InChI=1S/C22H20N3S/c1-26-25-17-24(16-20-14-8-9-15-23-20)21(18-10-4-2-5-11-18)22(25)19-12-6-3-7-13-19/h2-15,17H,16H2,1H3/q+1. The molecule has 0 aliphatic heterocycles. The van der Waals surface area contributed by atoms with E-state index in [2.05, 4.69) is 92.8 Å². The number of hydrogen-bond donors (Lipinski definition) is 0. The molecule has 0 unspecified atom stereocenters. The van der Waals surface area contributed by atoms with E-state index in [1.807, 2.05) is 18.3 Å². The van der Waals surface area contributed by atoms with Crippen LogP contribution in [0.2, 0.25) is 0 Å². The molecule has 0 saturated heterocycles. The van der Waals surface area contributed by atoms with Crippen LogP contribution in [0.25, 0.3) is 22.5 Å². The van der Waals surface area contributed by atoms with Gasteiger partial charge in [0, 0.05) is 23.6 Å². The molecule has 0 bridgehead atoms. The second kappa shape index (κ2) is 7.58. The van der Waals surface area contributed by atoms with Gasteiger partial charge in [0.25, 0.3) is 6.33 Å². The van der Waals surface area contributed by atoms with Gasteiger partial charge in [0.2, 0.25) is 0 Å². The highest BCUT2D eigenvalue weighted by Gasteiger charge is 2.26. The van der Waals surface area contributed by atoms with Crippen molar-refractivity contribution < 1.29 is 4.57 Å². The molecule has 2 aromatic heterocycles. The van der Waals surface area contributed by atoms with Gasteiger partial charge in [0.15, 0.2) is 11.4 Å². The Morgan fingerprint density at radius 2 is 1.50 bits per heavy atom. The lowest BCUT2D eigenvalue weighted by Crippen LogP contribution is -2.35. The molecule has 0 aliphatic rings. The van der Waals surface area contributed by atoms with Crippen LogP contribution in [-0.4, -0.2) is 15.2 Å². The van der Waals surface area contributed by atoms with E-state index in [9.17, 15) is 0 Å².